The van der Waals surface area contributed by atoms with Crippen molar-refractivity contribution < 1.29 is 19.5 Å². The highest BCUT2D eigenvalue weighted by molar-refractivity contribution is 6.33. The molecule has 0 saturated carbocycles. The zero-order chi connectivity index (χ0) is 36.9. The number of aldehydes is 1. The number of aromatic nitrogens is 2. The number of carbonyl (C=O) groups excluding carboxylic acids is 3. The molecule has 5 rings (SSSR count). The van der Waals surface area contributed by atoms with Crippen LogP contribution in [0.2, 0.25) is 5.02 Å². The lowest BCUT2D eigenvalue weighted by molar-refractivity contribution is -0.121. The molecule has 14 heteroatoms. The number of amides is 2. The van der Waals surface area contributed by atoms with E-state index in [0.29, 0.717) is 41.7 Å². The summed E-state index contributed by atoms with van der Waals surface area (Å²) in [6.45, 7) is 5.50. The van der Waals surface area contributed by atoms with Crippen LogP contribution in [0, 0.1) is 11.3 Å². The molecule has 2 aliphatic heterocycles. The molecular formula is C37H48ClN9O4. The second-order valence-corrected chi connectivity index (χ2v) is 14.2. The van der Waals surface area contributed by atoms with Gasteiger partial charge in [-0.2, -0.15) is 4.98 Å². The van der Waals surface area contributed by atoms with Crippen LogP contribution in [-0.4, -0.2) is 91.3 Å². The maximum Gasteiger partial charge on any atom is 0.231 e. The molecule has 1 saturated heterocycles. The minimum Gasteiger partial charge on any atom is -0.390 e. The molecule has 1 aromatic heterocycles. The number of nitrogens with one attached hydrogen (secondary N) is 4. The Labute approximate surface area is 304 Å². The molecular weight excluding hydrogens is 670 g/mol. The summed E-state index contributed by atoms with van der Waals surface area (Å²) in [5.41, 5.74) is 4.25. The molecule has 0 aliphatic carbocycles. The summed E-state index contributed by atoms with van der Waals surface area (Å²) >= 11 is 6.55. The summed E-state index contributed by atoms with van der Waals surface area (Å²) in [5.74, 6) is 0.199. The lowest BCUT2D eigenvalue weighted by atomic mass is 9.92. The average molecular weight is 718 g/mol. The van der Waals surface area contributed by atoms with Gasteiger partial charge < -0.3 is 46.0 Å². The van der Waals surface area contributed by atoms with Crippen molar-refractivity contribution in [3.63, 3.8) is 0 Å². The molecule has 51 heavy (non-hydrogen) atoms. The van der Waals surface area contributed by atoms with Crippen molar-refractivity contribution in [2.75, 3.05) is 66.1 Å². The van der Waals surface area contributed by atoms with E-state index in [4.69, 9.17) is 22.0 Å². The van der Waals surface area contributed by atoms with Crippen molar-refractivity contribution in [2.45, 2.75) is 64.0 Å². The van der Waals surface area contributed by atoms with Crippen molar-refractivity contribution >= 4 is 69.9 Å². The van der Waals surface area contributed by atoms with Crippen LogP contribution in [0.4, 0.5) is 34.5 Å². The van der Waals surface area contributed by atoms with Gasteiger partial charge in [0.05, 0.1) is 29.8 Å². The Morgan fingerprint density at radius 1 is 1.20 bits per heavy atom. The molecule has 1 unspecified atom stereocenters. The number of aliphatic hydroxyl groups is 1. The van der Waals surface area contributed by atoms with Crippen LogP contribution < -0.4 is 30.7 Å². The predicted molar refractivity (Wildman–Crippen MR) is 203 cm³/mol. The maximum absolute atomic E-state index is 12.7. The van der Waals surface area contributed by atoms with Gasteiger partial charge in [-0.05, 0) is 75.4 Å². The molecule has 0 spiro atoms. The third kappa shape index (κ3) is 8.95. The summed E-state index contributed by atoms with van der Waals surface area (Å²) in [4.78, 5) is 51.7. The minimum absolute atomic E-state index is 0.0140. The van der Waals surface area contributed by atoms with Crippen LogP contribution in [0.5, 0.6) is 0 Å². The third-order valence-electron chi connectivity index (χ3n) is 9.71. The van der Waals surface area contributed by atoms with Gasteiger partial charge in [0.2, 0.25) is 17.8 Å². The van der Waals surface area contributed by atoms with Gasteiger partial charge >= 0.3 is 0 Å². The predicted octanol–water partition coefficient (Wildman–Crippen LogP) is 4.78. The molecule has 5 N–H and O–H groups in total. The van der Waals surface area contributed by atoms with E-state index >= 15 is 0 Å². The topological polar surface area (TPSA) is 167 Å². The lowest BCUT2D eigenvalue weighted by Gasteiger charge is -2.38. The lowest BCUT2D eigenvalue weighted by Crippen LogP contribution is -2.44. The average Bonchev–Trinajstić information content (AvgIpc) is 3.44. The van der Waals surface area contributed by atoms with Gasteiger partial charge in [-0.3, -0.25) is 9.59 Å². The van der Waals surface area contributed by atoms with Crippen molar-refractivity contribution in [2.24, 2.45) is 5.92 Å². The Balaban J connectivity index is 1.22. The number of carbonyl (C=O) groups is 3. The molecule has 0 bridgehead atoms. The summed E-state index contributed by atoms with van der Waals surface area (Å²) in [6, 6.07) is 11.8. The largest absolute Gasteiger partial charge is 0.390 e. The highest BCUT2D eigenvalue weighted by atomic mass is 35.5. The molecule has 3 aromatic rings. The van der Waals surface area contributed by atoms with Crippen LogP contribution in [0.3, 0.4) is 0 Å². The fraction of sp³-hybridized carbons (Fsp3) is 0.459. The first-order valence-corrected chi connectivity index (χ1v) is 17.7. The van der Waals surface area contributed by atoms with Crippen LogP contribution >= 0.6 is 11.6 Å². The Morgan fingerprint density at radius 2 is 1.94 bits per heavy atom. The second kappa shape index (κ2) is 16.1. The monoisotopic (exact) mass is 717 g/mol. The van der Waals surface area contributed by atoms with Gasteiger partial charge in [-0.25, -0.2) is 4.98 Å². The molecule has 2 aromatic carbocycles. The third-order valence-corrected chi connectivity index (χ3v) is 9.99. The van der Waals surface area contributed by atoms with E-state index in [1.54, 1.807) is 39.0 Å². The first-order valence-electron chi connectivity index (χ1n) is 17.3. The van der Waals surface area contributed by atoms with Crippen LogP contribution in [0.1, 0.15) is 57.1 Å². The fourth-order valence-corrected chi connectivity index (χ4v) is 6.69. The normalized spacial score (nSPS) is 15.3. The van der Waals surface area contributed by atoms with E-state index in [1.165, 1.54) is 0 Å². The second-order valence-electron chi connectivity index (χ2n) is 13.8. The Morgan fingerprint density at radius 3 is 2.61 bits per heavy atom. The minimum atomic E-state index is -0.876. The molecule has 1 fully saturated rings. The van der Waals surface area contributed by atoms with Crippen LogP contribution in [0.15, 0.2) is 42.6 Å². The molecule has 272 valence electrons. The fourth-order valence-electron chi connectivity index (χ4n) is 6.55. The van der Waals surface area contributed by atoms with Gasteiger partial charge in [0.1, 0.15) is 11.3 Å². The van der Waals surface area contributed by atoms with Crippen LogP contribution in [0.25, 0.3) is 0 Å². The zero-order valence-corrected chi connectivity index (χ0v) is 30.7. The van der Waals surface area contributed by atoms with E-state index < -0.39 is 11.5 Å². The van der Waals surface area contributed by atoms with Crippen molar-refractivity contribution in [3.8, 4) is 0 Å². The molecule has 3 heterocycles. The number of fused-ring (bicyclic) bond motifs is 1. The molecule has 13 nitrogen and oxygen atoms in total. The quantitative estimate of drug-likeness (QED) is 0.109. The Kier molecular flexibility index (Phi) is 11.8. The van der Waals surface area contributed by atoms with E-state index in [2.05, 4.69) is 30.7 Å². The maximum atomic E-state index is 12.7. The first kappa shape index (κ1) is 37.5. The summed E-state index contributed by atoms with van der Waals surface area (Å²) < 4.78 is 0. The molecule has 0 radical (unpaired) electrons. The number of nitrogens with zero attached hydrogens (tertiary/aromatic N) is 5. The van der Waals surface area contributed by atoms with Gasteiger partial charge in [0.15, 0.2) is 5.82 Å². The van der Waals surface area contributed by atoms with Gasteiger partial charge in [0, 0.05) is 81.6 Å². The smallest absolute Gasteiger partial charge is 0.231 e. The summed E-state index contributed by atoms with van der Waals surface area (Å²) in [5, 5.41) is 28.4. The molecule has 2 amide bonds. The van der Waals surface area contributed by atoms with Crippen molar-refractivity contribution in [1.82, 2.24) is 15.3 Å². The van der Waals surface area contributed by atoms with Gasteiger partial charge in [-0.1, -0.05) is 17.7 Å². The first-order chi connectivity index (χ1) is 24.3. The Bertz CT molecular complexity index is 1770. The van der Waals surface area contributed by atoms with E-state index in [-0.39, 0.29) is 36.4 Å². The molecule has 2 aliphatic rings. The number of rotatable bonds is 15. The highest BCUT2D eigenvalue weighted by Crippen LogP contribution is 2.35. The van der Waals surface area contributed by atoms with E-state index in [9.17, 15) is 19.5 Å². The van der Waals surface area contributed by atoms with E-state index in [0.717, 1.165) is 60.5 Å². The number of piperidine rings is 1. The number of hydrogen-bond donors (Lipinski definition) is 5. The van der Waals surface area contributed by atoms with Gasteiger partial charge in [0.25, 0.3) is 0 Å². The standard InChI is InChI=1S/C37H48ClN9O4/c1-37(2,51)14-17-47-31-19-25(8-6-23(31)18-33(47)50)43-35-29(38)21-42-36(44-35)45(5)26-12-15-46(16-13-26)27-9-10-28(30(20-27)40-3)34(39)24(22-48)7-11-32(49)41-4/h6,8-10,19-22,24,26,39-40,51H,7,11-18H2,1-5H3,(H,41,49)(H,42,43,44). The number of hydrogen-bond acceptors (Lipinski definition) is 11. The SMILES string of the molecule is CNC(=O)CCC(C=O)C(=N)c1ccc(N2CCC(N(C)c3ncc(Cl)c(Nc4ccc5c(c4)N(CCC(C)(C)O)C(=O)C5)n3)CC2)cc1NC. The van der Waals surface area contributed by atoms with Crippen molar-refractivity contribution in [1.29, 1.82) is 5.41 Å². The highest BCUT2D eigenvalue weighted by Gasteiger charge is 2.30. The van der Waals surface area contributed by atoms with E-state index in [1.807, 2.05) is 43.4 Å². The Hall–Kier alpha value is -4.75. The summed E-state index contributed by atoms with van der Waals surface area (Å²) in [6.07, 6.45) is 5.32. The van der Waals surface area contributed by atoms with Crippen LogP contribution in [-0.2, 0) is 20.8 Å². The zero-order valence-electron chi connectivity index (χ0n) is 29.9. The number of anilines is 6. The number of halogens is 1. The van der Waals surface area contributed by atoms with Crippen molar-refractivity contribution in [3.05, 3.63) is 58.7 Å². The van der Waals surface area contributed by atoms with Gasteiger partial charge in [-0.15, -0.1) is 0 Å². The summed E-state index contributed by atoms with van der Waals surface area (Å²) in [7, 11) is 5.34. The molecule has 1 atom stereocenters. The number of benzene rings is 2.